The maximum atomic E-state index is 11.5. The molecule has 31 heavy (non-hydrogen) atoms. The number of aliphatic hydroxyl groups is 2. The molecule has 0 amide bonds. The van der Waals surface area contributed by atoms with Gasteiger partial charge < -0.3 is 15.3 Å². The number of carbonyl (C=O) groups is 1. The number of azide groups is 1. The van der Waals surface area contributed by atoms with E-state index < -0.39 is 12.1 Å². The van der Waals surface area contributed by atoms with Gasteiger partial charge in [0.05, 0.1) is 12.2 Å². The highest BCUT2D eigenvalue weighted by Gasteiger charge is 2.65. The summed E-state index contributed by atoms with van der Waals surface area (Å²) in [6, 6.07) is 0.0246. The third kappa shape index (κ3) is 3.57. The highest BCUT2D eigenvalue weighted by atomic mass is 16.4. The zero-order valence-corrected chi connectivity index (χ0v) is 19.2. The molecular formula is C24H39N3O4. The summed E-state index contributed by atoms with van der Waals surface area (Å²) in [5.41, 5.74) is 8.68. The third-order valence-corrected chi connectivity index (χ3v) is 10.5. The minimum Gasteiger partial charge on any atom is -0.481 e. The van der Waals surface area contributed by atoms with Gasteiger partial charge >= 0.3 is 5.97 Å². The lowest BCUT2D eigenvalue weighted by molar-refractivity contribution is -0.202. The summed E-state index contributed by atoms with van der Waals surface area (Å²) in [5.74, 6) is 0.884. The monoisotopic (exact) mass is 433 g/mol. The molecule has 11 atom stereocenters. The molecule has 3 N–H and O–H groups in total. The van der Waals surface area contributed by atoms with Crippen LogP contribution >= 0.6 is 0 Å². The van der Waals surface area contributed by atoms with E-state index in [0.29, 0.717) is 18.3 Å². The van der Waals surface area contributed by atoms with Crippen molar-refractivity contribution in [1.82, 2.24) is 0 Å². The fourth-order valence-electron chi connectivity index (χ4n) is 8.86. The zero-order valence-electron chi connectivity index (χ0n) is 19.2. The largest absolute Gasteiger partial charge is 0.481 e. The quantitative estimate of drug-likeness (QED) is 0.328. The van der Waals surface area contributed by atoms with Crippen molar-refractivity contribution in [3.05, 3.63) is 10.4 Å². The summed E-state index contributed by atoms with van der Waals surface area (Å²) in [5, 5.41) is 36.0. The van der Waals surface area contributed by atoms with Crippen molar-refractivity contribution >= 4 is 5.97 Å². The van der Waals surface area contributed by atoms with Gasteiger partial charge in [0.25, 0.3) is 0 Å². The number of carboxylic acids is 1. The topological polar surface area (TPSA) is 127 Å². The van der Waals surface area contributed by atoms with Crippen LogP contribution in [0.25, 0.3) is 10.4 Å². The second kappa shape index (κ2) is 8.24. The maximum absolute atomic E-state index is 11.5. The number of hydrogen-bond donors (Lipinski definition) is 3. The zero-order chi connectivity index (χ0) is 22.6. The first-order valence-electron chi connectivity index (χ1n) is 12.2. The molecule has 4 rings (SSSR count). The van der Waals surface area contributed by atoms with E-state index in [2.05, 4.69) is 30.8 Å². The first kappa shape index (κ1) is 22.9. The molecule has 0 heterocycles. The standard InChI is InChI=1S/C24H39N3O4/c1-13(4-7-21(30)31)16-5-6-17-22-18(12-20(29)24(16,17)3)23(2)9-8-15(26-27-25)10-14(23)11-19(22)28/h13-20,22,28-29H,4-12H2,1-3H3,(H,30,31)/t13?,14?,15?,16-,17?,18?,19-,20+,22?,23+,24-/m1/s1. The molecule has 0 radical (unpaired) electrons. The molecule has 0 aromatic heterocycles. The van der Waals surface area contributed by atoms with E-state index in [1.54, 1.807) is 0 Å². The Bertz CT molecular complexity index is 755. The molecule has 7 heteroatoms. The Kier molecular flexibility index (Phi) is 6.08. The Balaban J connectivity index is 1.59. The Morgan fingerprint density at radius 3 is 2.58 bits per heavy atom. The van der Waals surface area contributed by atoms with Crippen molar-refractivity contribution < 1.29 is 20.1 Å². The molecule has 0 aromatic rings. The van der Waals surface area contributed by atoms with Crippen molar-refractivity contribution in [2.24, 2.45) is 51.5 Å². The average molecular weight is 434 g/mol. The first-order valence-corrected chi connectivity index (χ1v) is 12.2. The summed E-state index contributed by atoms with van der Waals surface area (Å²) in [4.78, 5) is 14.1. The van der Waals surface area contributed by atoms with Crippen LogP contribution in [0.3, 0.4) is 0 Å². The number of rotatable bonds is 5. The van der Waals surface area contributed by atoms with Gasteiger partial charge in [-0.05, 0) is 103 Å². The number of fused-ring (bicyclic) bond motifs is 5. The number of aliphatic carboxylic acids is 1. The molecule has 4 aliphatic rings. The predicted octanol–water partition coefficient (Wildman–Crippen LogP) is 4.77. The molecule has 0 aliphatic heterocycles. The van der Waals surface area contributed by atoms with Crippen LogP contribution in [-0.4, -0.2) is 39.5 Å². The number of nitrogens with zero attached hydrogens (tertiary/aromatic N) is 3. The van der Waals surface area contributed by atoms with Gasteiger partial charge in [0.15, 0.2) is 0 Å². The van der Waals surface area contributed by atoms with Crippen LogP contribution in [0.5, 0.6) is 0 Å². The van der Waals surface area contributed by atoms with Crippen molar-refractivity contribution in [3.8, 4) is 0 Å². The summed E-state index contributed by atoms with van der Waals surface area (Å²) >= 11 is 0. The lowest BCUT2D eigenvalue weighted by Gasteiger charge is -2.63. The average Bonchev–Trinajstić information content (AvgIpc) is 3.07. The second-order valence-electron chi connectivity index (χ2n) is 11.6. The van der Waals surface area contributed by atoms with Gasteiger partial charge in [0.2, 0.25) is 0 Å². The summed E-state index contributed by atoms with van der Waals surface area (Å²) in [6.45, 7) is 6.71. The van der Waals surface area contributed by atoms with E-state index in [1.165, 1.54) is 0 Å². The van der Waals surface area contributed by atoms with E-state index >= 15 is 0 Å². The number of hydrogen-bond acceptors (Lipinski definition) is 4. The van der Waals surface area contributed by atoms with Gasteiger partial charge in [0, 0.05) is 17.4 Å². The summed E-state index contributed by atoms with van der Waals surface area (Å²) in [6.07, 6.45) is 6.24. The normalized spacial score (nSPS) is 49.8. The van der Waals surface area contributed by atoms with Crippen molar-refractivity contribution in [3.63, 3.8) is 0 Å². The molecule has 4 fully saturated rings. The van der Waals surface area contributed by atoms with Gasteiger partial charge in [-0.25, -0.2) is 0 Å². The molecule has 0 aromatic carbocycles. The van der Waals surface area contributed by atoms with Gasteiger partial charge in [-0.2, -0.15) is 0 Å². The van der Waals surface area contributed by atoms with Crippen molar-refractivity contribution in [2.75, 3.05) is 0 Å². The van der Waals surface area contributed by atoms with Crippen molar-refractivity contribution in [2.45, 2.75) is 96.8 Å². The van der Waals surface area contributed by atoms with Crippen LogP contribution in [0.15, 0.2) is 5.11 Å². The molecule has 4 aliphatic carbocycles. The van der Waals surface area contributed by atoms with Crippen LogP contribution in [0.2, 0.25) is 0 Å². The van der Waals surface area contributed by atoms with Gasteiger partial charge in [-0.1, -0.05) is 25.9 Å². The maximum Gasteiger partial charge on any atom is 0.303 e. The van der Waals surface area contributed by atoms with Crippen LogP contribution in [0.4, 0.5) is 0 Å². The van der Waals surface area contributed by atoms with Crippen molar-refractivity contribution in [1.29, 1.82) is 0 Å². The number of carboxylic acid groups (broad SMARTS) is 1. The highest BCUT2D eigenvalue weighted by Crippen LogP contribution is 2.68. The Morgan fingerprint density at radius 2 is 1.90 bits per heavy atom. The second-order valence-corrected chi connectivity index (χ2v) is 11.6. The molecule has 6 unspecified atom stereocenters. The molecule has 7 nitrogen and oxygen atoms in total. The Morgan fingerprint density at radius 1 is 1.16 bits per heavy atom. The smallest absolute Gasteiger partial charge is 0.303 e. The SMILES string of the molecule is CC(CCC(=O)O)[C@H]1CCC2C3C(C[C@H](O)[C@@]21C)[C@@]1(C)CCC(N=[N+]=[N-])CC1C[C@H]3O. The minimum atomic E-state index is -0.756. The number of aliphatic hydroxyl groups excluding tert-OH is 2. The van der Waals surface area contributed by atoms with Gasteiger partial charge in [-0.3, -0.25) is 4.79 Å². The van der Waals surface area contributed by atoms with Crippen LogP contribution < -0.4 is 0 Å². The van der Waals surface area contributed by atoms with Gasteiger partial charge in [-0.15, -0.1) is 0 Å². The predicted molar refractivity (Wildman–Crippen MR) is 117 cm³/mol. The fourth-order valence-corrected chi connectivity index (χ4v) is 8.86. The minimum absolute atomic E-state index is 0.0246. The fraction of sp³-hybridized carbons (Fsp3) is 0.958. The third-order valence-electron chi connectivity index (χ3n) is 10.5. The lowest BCUT2D eigenvalue weighted by atomic mass is 9.43. The molecule has 0 bridgehead atoms. The molecule has 0 saturated heterocycles. The molecular weight excluding hydrogens is 394 g/mol. The van der Waals surface area contributed by atoms with Crippen LogP contribution in [0.1, 0.15) is 78.6 Å². The Labute approximate surface area is 185 Å². The van der Waals surface area contributed by atoms with Crippen LogP contribution in [-0.2, 0) is 4.79 Å². The highest BCUT2D eigenvalue weighted by molar-refractivity contribution is 5.66. The summed E-state index contributed by atoms with van der Waals surface area (Å²) in [7, 11) is 0. The molecule has 0 spiro atoms. The molecule has 174 valence electrons. The van der Waals surface area contributed by atoms with E-state index in [1.807, 2.05) is 0 Å². The van der Waals surface area contributed by atoms with E-state index in [0.717, 1.165) is 44.9 Å². The molecule has 4 saturated carbocycles. The lowest BCUT2D eigenvalue weighted by Crippen LogP contribution is -2.62. The van der Waals surface area contributed by atoms with E-state index in [4.69, 9.17) is 10.6 Å². The van der Waals surface area contributed by atoms with Crippen LogP contribution in [0, 0.1) is 46.3 Å². The van der Waals surface area contributed by atoms with E-state index in [9.17, 15) is 15.0 Å². The van der Waals surface area contributed by atoms with E-state index in [-0.39, 0.29) is 53.1 Å². The Hall–Kier alpha value is -1.30. The van der Waals surface area contributed by atoms with Gasteiger partial charge in [0.1, 0.15) is 0 Å². The summed E-state index contributed by atoms with van der Waals surface area (Å²) < 4.78 is 0. The first-order chi connectivity index (χ1) is 14.6.